The number of para-hydroxylation sites is 1. The SMILES string of the molecule is O=C(NCc1ccccn1)c1nn(-c2ccccc2F)nc1CO. The summed E-state index contributed by atoms with van der Waals surface area (Å²) in [6.07, 6.45) is 1.62. The molecule has 2 heterocycles. The lowest BCUT2D eigenvalue weighted by atomic mass is 10.3. The van der Waals surface area contributed by atoms with Crippen LogP contribution < -0.4 is 5.32 Å². The third-order valence-electron chi connectivity index (χ3n) is 3.27. The summed E-state index contributed by atoms with van der Waals surface area (Å²) in [7, 11) is 0. The summed E-state index contributed by atoms with van der Waals surface area (Å²) in [5.41, 5.74) is 0.780. The summed E-state index contributed by atoms with van der Waals surface area (Å²) in [4.78, 5) is 17.4. The van der Waals surface area contributed by atoms with Crippen LogP contribution in [0.4, 0.5) is 4.39 Å². The summed E-state index contributed by atoms with van der Waals surface area (Å²) < 4.78 is 13.8. The Morgan fingerprint density at radius 3 is 2.67 bits per heavy atom. The maximum absolute atomic E-state index is 13.8. The molecule has 0 radical (unpaired) electrons. The number of nitrogens with zero attached hydrogens (tertiary/aromatic N) is 4. The van der Waals surface area contributed by atoms with Crippen LogP contribution in [0.1, 0.15) is 21.9 Å². The Morgan fingerprint density at radius 2 is 1.96 bits per heavy atom. The highest BCUT2D eigenvalue weighted by atomic mass is 19.1. The molecule has 0 unspecified atom stereocenters. The van der Waals surface area contributed by atoms with Crippen molar-refractivity contribution in [2.24, 2.45) is 0 Å². The Balaban J connectivity index is 1.82. The van der Waals surface area contributed by atoms with Gasteiger partial charge in [0.15, 0.2) is 11.5 Å². The Bertz CT molecular complexity index is 851. The van der Waals surface area contributed by atoms with E-state index in [2.05, 4.69) is 20.5 Å². The van der Waals surface area contributed by atoms with E-state index in [0.29, 0.717) is 5.69 Å². The molecule has 122 valence electrons. The number of carbonyl (C=O) groups excluding carboxylic acids is 1. The quantitative estimate of drug-likeness (QED) is 0.735. The van der Waals surface area contributed by atoms with Gasteiger partial charge in [0.25, 0.3) is 5.91 Å². The first-order chi connectivity index (χ1) is 11.7. The number of hydrogen-bond acceptors (Lipinski definition) is 5. The molecule has 3 rings (SSSR count). The number of rotatable bonds is 5. The molecule has 0 bridgehead atoms. The van der Waals surface area contributed by atoms with Gasteiger partial charge in [-0.3, -0.25) is 9.78 Å². The van der Waals surface area contributed by atoms with Gasteiger partial charge in [0.05, 0.1) is 18.8 Å². The smallest absolute Gasteiger partial charge is 0.274 e. The number of carbonyl (C=O) groups is 1. The molecule has 0 saturated carbocycles. The summed E-state index contributed by atoms with van der Waals surface area (Å²) >= 11 is 0. The second-order valence-electron chi connectivity index (χ2n) is 4.90. The Hall–Kier alpha value is -3.13. The predicted molar refractivity (Wildman–Crippen MR) is 82.6 cm³/mol. The zero-order chi connectivity index (χ0) is 16.9. The molecular formula is C16H14FN5O2. The van der Waals surface area contributed by atoms with Crippen LogP contribution in [0.15, 0.2) is 48.7 Å². The average Bonchev–Trinajstić information content (AvgIpc) is 3.05. The fourth-order valence-corrected chi connectivity index (χ4v) is 2.10. The van der Waals surface area contributed by atoms with Crippen molar-refractivity contribution in [2.45, 2.75) is 13.2 Å². The molecule has 8 heteroatoms. The highest BCUT2D eigenvalue weighted by Crippen LogP contribution is 2.13. The third kappa shape index (κ3) is 3.28. The van der Waals surface area contributed by atoms with Gasteiger partial charge in [-0.25, -0.2) is 4.39 Å². The van der Waals surface area contributed by atoms with Crippen LogP contribution in [0, 0.1) is 5.82 Å². The van der Waals surface area contributed by atoms with Crippen LogP contribution in [0.25, 0.3) is 5.69 Å². The second kappa shape index (κ2) is 6.97. The lowest BCUT2D eigenvalue weighted by molar-refractivity contribution is 0.0942. The Labute approximate surface area is 136 Å². The zero-order valence-corrected chi connectivity index (χ0v) is 12.6. The van der Waals surface area contributed by atoms with Crippen molar-refractivity contribution in [2.75, 3.05) is 0 Å². The molecule has 24 heavy (non-hydrogen) atoms. The van der Waals surface area contributed by atoms with Crippen LogP contribution in [0.2, 0.25) is 0 Å². The van der Waals surface area contributed by atoms with Crippen LogP contribution in [0.3, 0.4) is 0 Å². The van der Waals surface area contributed by atoms with Gasteiger partial charge in [0, 0.05) is 6.20 Å². The van der Waals surface area contributed by atoms with E-state index in [1.165, 1.54) is 18.2 Å². The van der Waals surface area contributed by atoms with Crippen molar-refractivity contribution in [3.63, 3.8) is 0 Å². The van der Waals surface area contributed by atoms with Crippen molar-refractivity contribution in [3.8, 4) is 5.69 Å². The molecule has 3 aromatic rings. The number of aromatic nitrogens is 4. The van der Waals surface area contributed by atoms with Crippen molar-refractivity contribution in [1.82, 2.24) is 25.3 Å². The van der Waals surface area contributed by atoms with Gasteiger partial charge in [-0.2, -0.15) is 0 Å². The minimum atomic E-state index is -0.530. The molecule has 0 aliphatic heterocycles. The largest absolute Gasteiger partial charge is 0.390 e. The van der Waals surface area contributed by atoms with Gasteiger partial charge in [0.1, 0.15) is 11.4 Å². The van der Waals surface area contributed by atoms with Gasteiger partial charge in [-0.1, -0.05) is 18.2 Å². The summed E-state index contributed by atoms with van der Waals surface area (Å²) in [6, 6.07) is 11.3. The second-order valence-corrected chi connectivity index (χ2v) is 4.90. The highest BCUT2D eigenvalue weighted by Gasteiger charge is 2.19. The topological polar surface area (TPSA) is 92.9 Å². The van der Waals surface area contributed by atoms with E-state index in [0.717, 1.165) is 4.80 Å². The van der Waals surface area contributed by atoms with E-state index in [9.17, 15) is 14.3 Å². The van der Waals surface area contributed by atoms with Crippen LogP contribution in [0.5, 0.6) is 0 Å². The molecule has 1 aromatic carbocycles. The van der Waals surface area contributed by atoms with E-state index in [4.69, 9.17) is 0 Å². The summed E-state index contributed by atoms with van der Waals surface area (Å²) in [5.74, 6) is -1.05. The van der Waals surface area contributed by atoms with Crippen molar-refractivity contribution >= 4 is 5.91 Å². The molecule has 0 aliphatic rings. The van der Waals surface area contributed by atoms with Gasteiger partial charge in [-0.05, 0) is 24.3 Å². The normalized spacial score (nSPS) is 10.6. The molecular weight excluding hydrogens is 313 g/mol. The fourth-order valence-electron chi connectivity index (χ4n) is 2.10. The molecule has 1 amide bonds. The van der Waals surface area contributed by atoms with E-state index >= 15 is 0 Å². The summed E-state index contributed by atoms with van der Waals surface area (Å²) in [5, 5.41) is 20.0. The summed E-state index contributed by atoms with van der Waals surface area (Å²) in [6.45, 7) is -0.280. The number of hydrogen-bond donors (Lipinski definition) is 2. The molecule has 2 aromatic heterocycles. The number of halogens is 1. The maximum Gasteiger partial charge on any atom is 0.274 e. The van der Waals surface area contributed by atoms with E-state index in [1.54, 1.807) is 24.4 Å². The molecule has 0 aliphatic carbocycles. The average molecular weight is 327 g/mol. The minimum absolute atomic E-state index is 0.0586. The van der Waals surface area contributed by atoms with E-state index in [-0.39, 0.29) is 23.6 Å². The first-order valence-corrected chi connectivity index (χ1v) is 7.19. The van der Waals surface area contributed by atoms with Gasteiger partial charge in [-0.15, -0.1) is 15.0 Å². The lowest BCUT2D eigenvalue weighted by Gasteiger charge is -2.03. The zero-order valence-electron chi connectivity index (χ0n) is 12.6. The van der Waals surface area contributed by atoms with Crippen molar-refractivity contribution < 1.29 is 14.3 Å². The maximum atomic E-state index is 13.8. The predicted octanol–water partition coefficient (Wildman–Crippen LogP) is 1.22. The third-order valence-corrected chi connectivity index (χ3v) is 3.27. The molecule has 0 atom stereocenters. The number of pyridine rings is 1. The Kier molecular flexibility index (Phi) is 4.57. The first kappa shape index (κ1) is 15.8. The fraction of sp³-hybridized carbons (Fsp3) is 0.125. The van der Waals surface area contributed by atoms with Crippen molar-refractivity contribution in [3.05, 3.63) is 71.6 Å². The Morgan fingerprint density at radius 1 is 1.17 bits per heavy atom. The number of amides is 1. The van der Waals surface area contributed by atoms with Crippen LogP contribution in [-0.2, 0) is 13.2 Å². The standard InChI is InChI=1S/C16H14FN5O2/c17-12-6-1-2-7-14(12)22-20-13(10-23)15(21-22)16(24)19-9-11-5-3-4-8-18-11/h1-8,23H,9-10H2,(H,19,24). The molecule has 0 saturated heterocycles. The lowest BCUT2D eigenvalue weighted by Crippen LogP contribution is -2.25. The number of nitrogens with one attached hydrogen (secondary N) is 1. The molecule has 0 spiro atoms. The first-order valence-electron chi connectivity index (χ1n) is 7.19. The van der Waals surface area contributed by atoms with E-state index < -0.39 is 18.3 Å². The number of aliphatic hydroxyl groups is 1. The molecule has 7 nitrogen and oxygen atoms in total. The van der Waals surface area contributed by atoms with Gasteiger partial charge < -0.3 is 10.4 Å². The highest BCUT2D eigenvalue weighted by molar-refractivity contribution is 5.93. The number of aliphatic hydroxyl groups excluding tert-OH is 1. The van der Waals surface area contributed by atoms with E-state index in [1.807, 2.05) is 6.07 Å². The minimum Gasteiger partial charge on any atom is -0.390 e. The van der Waals surface area contributed by atoms with Crippen molar-refractivity contribution in [1.29, 1.82) is 0 Å². The van der Waals surface area contributed by atoms with Gasteiger partial charge >= 0.3 is 0 Å². The number of benzene rings is 1. The molecule has 0 fully saturated rings. The van der Waals surface area contributed by atoms with Crippen LogP contribution in [-0.4, -0.2) is 31.0 Å². The van der Waals surface area contributed by atoms with Crippen LogP contribution >= 0.6 is 0 Å². The monoisotopic (exact) mass is 327 g/mol. The van der Waals surface area contributed by atoms with Gasteiger partial charge in [0.2, 0.25) is 0 Å². The molecule has 2 N–H and O–H groups in total.